The minimum Gasteiger partial charge on any atom is -0.469 e. The number of hydrogen-bond donors (Lipinski definition) is 0. The Hall–Kier alpha value is -1.83. The van der Waals surface area contributed by atoms with E-state index in [-0.39, 0.29) is 5.78 Å². The number of furan rings is 1. The van der Waals surface area contributed by atoms with E-state index < -0.39 is 0 Å². The maximum atomic E-state index is 12.0. The van der Waals surface area contributed by atoms with Crippen LogP contribution in [0.4, 0.5) is 0 Å². The molecule has 1 heterocycles. The molecule has 0 saturated carbocycles. The van der Waals surface area contributed by atoms with Crippen molar-refractivity contribution in [3.63, 3.8) is 0 Å². The first-order valence-electron chi connectivity index (χ1n) is 6.44. The highest BCUT2D eigenvalue weighted by Gasteiger charge is 2.12. The van der Waals surface area contributed by atoms with Gasteiger partial charge in [0.05, 0.1) is 11.8 Å². The number of Topliss-reactive ketones (excluding diaryl/α,β-unsaturated/α-hetero) is 1. The first kappa shape index (κ1) is 12.6. The van der Waals surface area contributed by atoms with Crippen molar-refractivity contribution >= 4 is 5.78 Å². The topological polar surface area (TPSA) is 30.2 Å². The average molecular weight is 242 g/mol. The van der Waals surface area contributed by atoms with Crippen molar-refractivity contribution in [2.75, 3.05) is 0 Å². The zero-order valence-corrected chi connectivity index (χ0v) is 10.7. The van der Waals surface area contributed by atoms with Crippen LogP contribution in [0.15, 0.2) is 47.1 Å². The Kier molecular flexibility index (Phi) is 4.35. The zero-order chi connectivity index (χ0) is 12.8. The maximum absolute atomic E-state index is 12.0. The third kappa shape index (κ3) is 3.10. The van der Waals surface area contributed by atoms with Gasteiger partial charge in [0.25, 0.3) is 0 Å². The number of hydrogen-bond acceptors (Lipinski definition) is 2. The largest absolute Gasteiger partial charge is 0.469 e. The van der Waals surface area contributed by atoms with Gasteiger partial charge in [-0.3, -0.25) is 4.79 Å². The Morgan fingerprint density at radius 1 is 1.17 bits per heavy atom. The van der Waals surface area contributed by atoms with E-state index in [1.54, 1.807) is 12.3 Å². The SMILES string of the molecule is CCc1occc1C(=O)CCCc1ccccc1. The van der Waals surface area contributed by atoms with Gasteiger partial charge in [-0.15, -0.1) is 0 Å². The van der Waals surface area contributed by atoms with Crippen LogP contribution in [0.5, 0.6) is 0 Å². The summed E-state index contributed by atoms with van der Waals surface area (Å²) in [5, 5.41) is 0. The van der Waals surface area contributed by atoms with Crippen LogP contribution >= 0.6 is 0 Å². The van der Waals surface area contributed by atoms with E-state index in [1.807, 2.05) is 25.1 Å². The summed E-state index contributed by atoms with van der Waals surface area (Å²) in [6.07, 6.45) is 4.79. The molecule has 0 atom stereocenters. The molecular weight excluding hydrogens is 224 g/mol. The summed E-state index contributed by atoms with van der Waals surface area (Å²) >= 11 is 0. The molecule has 2 rings (SSSR count). The van der Waals surface area contributed by atoms with Crippen LogP contribution < -0.4 is 0 Å². The van der Waals surface area contributed by atoms with Gasteiger partial charge in [0, 0.05) is 12.8 Å². The van der Waals surface area contributed by atoms with Crippen molar-refractivity contribution in [2.45, 2.75) is 32.6 Å². The fraction of sp³-hybridized carbons (Fsp3) is 0.312. The summed E-state index contributed by atoms with van der Waals surface area (Å²) < 4.78 is 5.28. The van der Waals surface area contributed by atoms with Crippen molar-refractivity contribution < 1.29 is 9.21 Å². The number of benzene rings is 1. The normalized spacial score (nSPS) is 10.5. The summed E-state index contributed by atoms with van der Waals surface area (Å²) in [6, 6.07) is 12.0. The summed E-state index contributed by atoms with van der Waals surface area (Å²) in [4.78, 5) is 12.0. The Labute approximate surface area is 108 Å². The molecular formula is C16H18O2. The van der Waals surface area contributed by atoms with Crippen molar-refractivity contribution in [1.82, 2.24) is 0 Å². The van der Waals surface area contributed by atoms with Crippen LogP contribution in [0.25, 0.3) is 0 Å². The highest BCUT2D eigenvalue weighted by atomic mass is 16.3. The molecule has 0 aliphatic heterocycles. The molecule has 0 unspecified atom stereocenters. The molecule has 0 N–H and O–H groups in total. The quantitative estimate of drug-likeness (QED) is 0.715. The van der Waals surface area contributed by atoms with Gasteiger partial charge >= 0.3 is 0 Å². The summed E-state index contributed by atoms with van der Waals surface area (Å²) in [5.41, 5.74) is 2.04. The maximum Gasteiger partial charge on any atom is 0.166 e. The fourth-order valence-corrected chi connectivity index (χ4v) is 2.10. The average Bonchev–Trinajstić information content (AvgIpc) is 2.88. The van der Waals surface area contributed by atoms with Crippen molar-refractivity contribution in [1.29, 1.82) is 0 Å². The van der Waals surface area contributed by atoms with Gasteiger partial charge in [-0.2, -0.15) is 0 Å². The molecule has 0 radical (unpaired) electrons. The predicted octanol–water partition coefficient (Wildman–Crippen LogP) is 4.05. The first-order valence-corrected chi connectivity index (χ1v) is 6.44. The lowest BCUT2D eigenvalue weighted by Crippen LogP contribution is -2.01. The molecule has 1 aromatic heterocycles. The minimum absolute atomic E-state index is 0.191. The lowest BCUT2D eigenvalue weighted by molar-refractivity contribution is 0.0978. The van der Waals surface area contributed by atoms with E-state index in [4.69, 9.17) is 4.42 Å². The van der Waals surface area contributed by atoms with Gasteiger partial charge in [0.1, 0.15) is 5.76 Å². The molecule has 2 nitrogen and oxygen atoms in total. The Morgan fingerprint density at radius 3 is 2.67 bits per heavy atom. The standard InChI is InChI=1S/C16H18O2/c1-2-16-14(11-12-18-16)15(17)10-6-9-13-7-4-3-5-8-13/h3-5,7-8,11-12H,2,6,9-10H2,1H3. The lowest BCUT2D eigenvalue weighted by Gasteiger charge is -2.01. The Balaban J connectivity index is 1.86. The fourth-order valence-electron chi connectivity index (χ4n) is 2.10. The molecule has 0 saturated heterocycles. The smallest absolute Gasteiger partial charge is 0.166 e. The molecule has 0 fully saturated rings. The van der Waals surface area contributed by atoms with Gasteiger partial charge in [0.2, 0.25) is 0 Å². The van der Waals surface area contributed by atoms with E-state index in [0.29, 0.717) is 6.42 Å². The second-order valence-corrected chi connectivity index (χ2v) is 4.37. The zero-order valence-electron chi connectivity index (χ0n) is 10.7. The second-order valence-electron chi connectivity index (χ2n) is 4.37. The minimum atomic E-state index is 0.191. The van der Waals surface area contributed by atoms with E-state index >= 15 is 0 Å². The van der Waals surface area contributed by atoms with E-state index in [2.05, 4.69) is 12.1 Å². The lowest BCUT2D eigenvalue weighted by atomic mass is 10.0. The van der Waals surface area contributed by atoms with Crippen LogP contribution in [0, 0.1) is 0 Å². The highest BCUT2D eigenvalue weighted by Crippen LogP contribution is 2.15. The molecule has 18 heavy (non-hydrogen) atoms. The molecule has 0 amide bonds. The van der Waals surface area contributed by atoms with E-state index in [9.17, 15) is 4.79 Å². The third-order valence-corrected chi connectivity index (χ3v) is 3.08. The molecule has 94 valence electrons. The Bertz CT molecular complexity index is 497. The van der Waals surface area contributed by atoms with Gasteiger partial charge in [-0.05, 0) is 24.5 Å². The van der Waals surface area contributed by atoms with Gasteiger partial charge in [0.15, 0.2) is 5.78 Å². The molecule has 0 spiro atoms. The summed E-state index contributed by atoms with van der Waals surface area (Å²) in [7, 11) is 0. The first-order chi connectivity index (χ1) is 8.81. The predicted molar refractivity (Wildman–Crippen MR) is 71.8 cm³/mol. The van der Waals surface area contributed by atoms with Crippen molar-refractivity contribution in [2.24, 2.45) is 0 Å². The second kappa shape index (κ2) is 6.20. The van der Waals surface area contributed by atoms with E-state index in [1.165, 1.54) is 5.56 Å². The van der Waals surface area contributed by atoms with Crippen LogP contribution in [0.1, 0.15) is 41.4 Å². The van der Waals surface area contributed by atoms with Gasteiger partial charge in [-0.25, -0.2) is 0 Å². The van der Waals surface area contributed by atoms with Crippen molar-refractivity contribution in [3.05, 3.63) is 59.5 Å². The number of ketones is 1. The van der Waals surface area contributed by atoms with Gasteiger partial charge < -0.3 is 4.42 Å². The van der Waals surface area contributed by atoms with Crippen LogP contribution in [0.3, 0.4) is 0 Å². The van der Waals surface area contributed by atoms with Crippen LogP contribution in [0.2, 0.25) is 0 Å². The number of rotatable bonds is 6. The molecule has 2 heteroatoms. The number of aryl methyl sites for hydroxylation is 2. The van der Waals surface area contributed by atoms with Crippen molar-refractivity contribution in [3.8, 4) is 0 Å². The van der Waals surface area contributed by atoms with E-state index in [0.717, 1.165) is 30.6 Å². The Morgan fingerprint density at radius 2 is 1.94 bits per heavy atom. The molecule has 0 aliphatic carbocycles. The number of carbonyl (C=O) groups excluding carboxylic acids is 1. The summed E-state index contributed by atoms with van der Waals surface area (Å²) in [6.45, 7) is 2.00. The highest BCUT2D eigenvalue weighted by molar-refractivity contribution is 5.96. The molecule has 0 aliphatic rings. The third-order valence-electron chi connectivity index (χ3n) is 3.08. The van der Waals surface area contributed by atoms with Crippen LogP contribution in [-0.4, -0.2) is 5.78 Å². The summed E-state index contributed by atoms with van der Waals surface area (Å²) in [5.74, 6) is 0.997. The number of carbonyl (C=O) groups is 1. The molecule has 0 bridgehead atoms. The molecule has 1 aromatic carbocycles. The van der Waals surface area contributed by atoms with Crippen LogP contribution in [-0.2, 0) is 12.8 Å². The van der Waals surface area contributed by atoms with Gasteiger partial charge in [-0.1, -0.05) is 37.3 Å². The monoisotopic (exact) mass is 242 g/mol. The molecule has 2 aromatic rings.